The SMILES string of the molecule is CCC1C(=O)NC(C)C(=O)N1CCCC1CCCO1. The van der Waals surface area contributed by atoms with Crippen molar-refractivity contribution in [1.82, 2.24) is 10.2 Å². The average molecular weight is 268 g/mol. The topological polar surface area (TPSA) is 58.6 Å². The molecule has 108 valence electrons. The number of piperazine rings is 1. The summed E-state index contributed by atoms with van der Waals surface area (Å²) in [6.45, 7) is 5.22. The molecule has 2 rings (SSSR count). The minimum absolute atomic E-state index is 0.0216. The summed E-state index contributed by atoms with van der Waals surface area (Å²) >= 11 is 0. The van der Waals surface area contributed by atoms with Crippen molar-refractivity contribution in [3.63, 3.8) is 0 Å². The molecule has 0 aliphatic carbocycles. The fraction of sp³-hybridized carbons (Fsp3) is 0.857. The van der Waals surface area contributed by atoms with E-state index in [1.54, 1.807) is 11.8 Å². The van der Waals surface area contributed by atoms with E-state index in [2.05, 4.69) is 5.32 Å². The Balaban J connectivity index is 1.87. The number of carbonyl (C=O) groups excluding carboxylic acids is 2. The lowest BCUT2D eigenvalue weighted by Gasteiger charge is -2.37. The van der Waals surface area contributed by atoms with Gasteiger partial charge in [0, 0.05) is 13.2 Å². The van der Waals surface area contributed by atoms with Gasteiger partial charge in [-0.25, -0.2) is 0 Å². The van der Waals surface area contributed by atoms with E-state index in [9.17, 15) is 9.59 Å². The van der Waals surface area contributed by atoms with Gasteiger partial charge in [-0.15, -0.1) is 0 Å². The Bertz CT molecular complexity index is 340. The molecule has 2 heterocycles. The molecule has 0 aromatic heterocycles. The van der Waals surface area contributed by atoms with Gasteiger partial charge in [-0.05, 0) is 39.0 Å². The average Bonchev–Trinajstić information content (AvgIpc) is 2.88. The second kappa shape index (κ2) is 6.37. The van der Waals surface area contributed by atoms with Crippen molar-refractivity contribution in [1.29, 1.82) is 0 Å². The van der Waals surface area contributed by atoms with E-state index in [4.69, 9.17) is 4.74 Å². The highest BCUT2D eigenvalue weighted by Crippen LogP contribution is 2.19. The highest BCUT2D eigenvalue weighted by molar-refractivity contribution is 5.96. The van der Waals surface area contributed by atoms with Crippen molar-refractivity contribution in [2.24, 2.45) is 0 Å². The Morgan fingerprint density at radius 2 is 2.21 bits per heavy atom. The molecule has 3 atom stereocenters. The summed E-state index contributed by atoms with van der Waals surface area (Å²) in [7, 11) is 0. The summed E-state index contributed by atoms with van der Waals surface area (Å²) in [5.74, 6) is 0.0190. The first-order chi connectivity index (χ1) is 9.13. The lowest BCUT2D eigenvalue weighted by molar-refractivity contribution is -0.149. The van der Waals surface area contributed by atoms with E-state index in [0.717, 1.165) is 32.3 Å². The molecule has 3 unspecified atom stereocenters. The molecule has 1 N–H and O–H groups in total. The maximum absolute atomic E-state index is 12.1. The van der Waals surface area contributed by atoms with Crippen LogP contribution in [-0.4, -0.2) is 48.1 Å². The van der Waals surface area contributed by atoms with Crippen molar-refractivity contribution < 1.29 is 14.3 Å². The molecule has 5 heteroatoms. The second-order valence-corrected chi connectivity index (χ2v) is 5.46. The van der Waals surface area contributed by atoms with E-state index < -0.39 is 6.04 Å². The molecule has 2 fully saturated rings. The van der Waals surface area contributed by atoms with Crippen LogP contribution in [0.4, 0.5) is 0 Å². The van der Waals surface area contributed by atoms with Gasteiger partial charge in [-0.1, -0.05) is 6.92 Å². The maximum atomic E-state index is 12.1. The van der Waals surface area contributed by atoms with Gasteiger partial charge in [0.25, 0.3) is 0 Å². The third-order valence-electron chi connectivity index (χ3n) is 4.03. The van der Waals surface area contributed by atoms with Gasteiger partial charge in [0.2, 0.25) is 11.8 Å². The monoisotopic (exact) mass is 268 g/mol. The third kappa shape index (κ3) is 3.26. The first kappa shape index (κ1) is 14.3. The van der Waals surface area contributed by atoms with Gasteiger partial charge in [0.05, 0.1) is 6.10 Å². The minimum atomic E-state index is -0.391. The molecule has 0 radical (unpaired) electrons. The van der Waals surface area contributed by atoms with E-state index in [0.29, 0.717) is 19.1 Å². The lowest BCUT2D eigenvalue weighted by Crippen LogP contribution is -2.62. The number of nitrogens with one attached hydrogen (secondary N) is 1. The molecule has 2 amide bonds. The Labute approximate surface area is 114 Å². The summed E-state index contributed by atoms with van der Waals surface area (Å²) in [6.07, 6.45) is 5.19. The Kier molecular flexibility index (Phi) is 4.80. The summed E-state index contributed by atoms with van der Waals surface area (Å²) < 4.78 is 5.58. The Morgan fingerprint density at radius 1 is 1.42 bits per heavy atom. The Hall–Kier alpha value is -1.10. The van der Waals surface area contributed by atoms with Crippen LogP contribution in [-0.2, 0) is 14.3 Å². The lowest BCUT2D eigenvalue weighted by atomic mass is 10.0. The summed E-state index contributed by atoms with van der Waals surface area (Å²) in [5, 5.41) is 2.74. The quantitative estimate of drug-likeness (QED) is 0.811. The van der Waals surface area contributed by atoms with Crippen molar-refractivity contribution in [3.8, 4) is 0 Å². The first-order valence-corrected chi connectivity index (χ1v) is 7.36. The van der Waals surface area contributed by atoms with E-state index in [-0.39, 0.29) is 17.9 Å². The van der Waals surface area contributed by atoms with Crippen LogP contribution in [0.5, 0.6) is 0 Å². The van der Waals surface area contributed by atoms with Gasteiger partial charge in [-0.2, -0.15) is 0 Å². The molecule has 19 heavy (non-hydrogen) atoms. The van der Waals surface area contributed by atoms with E-state index >= 15 is 0 Å². The molecule has 5 nitrogen and oxygen atoms in total. The van der Waals surface area contributed by atoms with Gasteiger partial charge < -0.3 is 15.0 Å². The molecular formula is C14H24N2O3. The fourth-order valence-corrected chi connectivity index (χ4v) is 2.95. The number of ether oxygens (including phenoxy) is 1. The normalized spacial score (nSPS) is 31.7. The van der Waals surface area contributed by atoms with Crippen molar-refractivity contribution in [2.45, 2.75) is 64.1 Å². The van der Waals surface area contributed by atoms with Crippen LogP contribution in [0.2, 0.25) is 0 Å². The van der Waals surface area contributed by atoms with Crippen molar-refractivity contribution in [3.05, 3.63) is 0 Å². The predicted octanol–water partition coefficient (Wildman–Crippen LogP) is 1.07. The summed E-state index contributed by atoms with van der Waals surface area (Å²) in [4.78, 5) is 25.8. The number of carbonyl (C=O) groups is 2. The van der Waals surface area contributed by atoms with Crippen LogP contribution in [0.15, 0.2) is 0 Å². The van der Waals surface area contributed by atoms with Crippen molar-refractivity contribution in [2.75, 3.05) is 13.2 Å². The van der Waals surface area contributed by atoms with Gasteiger partial charge in [0.1, 0.15) is 12.1 Å². The van der Waals surface area contributed by atoms with Crippen LogP contribution in [0, 0.1) is 0 Å². The third-order valence-corrected chi connectivity index (χ3v) is 4.03. The fourth-order valence-electron chi connectivity index (χ4n) is 2.95. The molecule has 2 aliphatic heterocycles. The molecule has 2 aliphatic rings. The molecule has 0 spiro atoms. The number of nitrogens with zero attached hydrogens (tertiary/aromatic N) is 1. The van der Waals surface area contributed by atoms with Crippen LogP contribution in [0.25, 0.3) is 0 Å². The standard InChI is InChI=1S/C14H24N2O3/c1-3-12-13(17)15-10(2)14(18)16(12)8-4-6-11-7-5-9-19-11/h10-12H,3-9H2,1-2H3,(H,15,17). The highest BCUT2D eigenvalue weighted by Gasteiger charge is 2.37. The second-order valence-electron chi connectivity index (χ2n) is 5.46. The number of hydrogen-bond acceptors (Lipinski definition) is 3. The molecule has 2 saturated heterocycles. The largest absolute Gasteiger partial charge is 0.378 e. The molecule has 0 aromatic rings. The number of hydrogen-bond donors (Lipinski definition) is 1. The van der Waals surface area contributed by atoms with E-state index in [1.165, 1.54) is 0 Å². The zero-order valence-electron chi connectivity index (χ0n) is 11.9. The smallest absolute Gasteiger partial charge is 0.245 e. The van der Waals surface area contributed by atoms with Gasteiger partial charge in [0.15, 0.2) is 0 Å². The summed E-state index contributed by atoms with van der Waals surface area (Å²) in [5.41, 5.74) is 0. The van der Waals surface area contributed by atoms with Crippen molar-refractivity contribution >= 4 is 11.8 Å². The maximum Gasteiger partial charge on any atom is 0.245 e. The van der Waals surface area contributed by atoms with Crippen LogP contribution < -0.4 is 5.32 Å². The minimum Gasteiger partial charge on any atom is -0.378 e. The summed E-state index contributed by atoms with van der Waals surface area (Å²) in [6, 6.07) is -0.689. The molecule has 0 saturated carbocycles. The first-order valence-electron chi connectivity index (χ1n) is 7.36. The van der Waals surface area contributed by atoms with Gasteiger partial charge in [-0.3, -0.25) is 9.59 Å². The van der Waals surface area contributed by atoms with Gasteiger partial charge >= 0.3 is 0 Å². The molecule has 0 bridgehead atoms. The van der Waals surface area contributed by atoms with Crippen LogP contribution >= 0.6 is 0 Å². The molecule has 0 aromatic carbocycles. The van der Waals surface area contributed by atoms with Crippen LogP contribution in [0.3, 0.4) is 0 Å². The predicted molar refractivity (Wildman–Crippen MR) is 71.6 cm³/mol. The Morgan fingerprint density at radius 3 is 2.84 bits per heavy atom. The number of rotatable bonds is 5. The molecular weight excluding hydrogens is 244 g/mol. The number of amides is 2. The zero-order chi connectivity index (χ0) is 13.8. The zero-order valence-corrected chi connectivity index (χ0v) is 11.9. The van der Waals surface area contributed by atoms with E-state index in [1.807, 2.05) is 6.92 Å². The highest BCUT2D eigenvalue weighted by atomic mass is 16.5. The van der Waals surface area contributed by atoms with Crippen LogP contribution in [0.1, 0.15) is 46.0 Å².